The van der Waals surface area contributed by atoms with Gasteiger partial charge in [0, 0.05) is 37.9 Å². The molecule has 31 heavy (non-hydrogen) atoms. The van der Waals surface area contributed by atoms with Gasteiger partial charge in [0.25, 0.3) is 5.78 Å². The normalized spacial score (nSPS) is 15.5. The molecule has 0 aromatic carbocycles. The van der Waals surface area contributed by atoms with Crippen LogP contribution in [0.3, 0.4) is 0 Å². The SMILES string of the molecule is Cc1cc(N2CCN(CC(=O)N(Cc3ccco3)CC(F)(F)F)CC2)n2ncnc2n1. The van der Waals surface area contributed by atoms with Crippen LogP contribution in [0, 0.1) is 6.92 Å². The molecule has 1 amide bonds. The van der Waals surface area contributed by atoms with E-state index < -0.39 is 18.6 Å². The minimum Gasteiger partial charge on any atom is -0.467 e. The molecule has 12 heteroatoms. The van der Waals surface area contributed by atoms with Gasteiger partial charge in [0.1, 0.15) is 24.5 Å². The lowest BCUT2D eigenvalue weighted by Gasteiger charge is -2.36. The quantitative estimate of drug-likeness (QED) is 0.581. The fraction of sp³-hybridized carbons (Fsp3) is 0.474. The van der Waals surface area contributed by atoms with E-state index in [1.807, 2.05) is 17.9 Å². The molecule has 1 saturated heterocycles. The fourth-order valence-corrected chi connectivity index (χ4v) is 3.60. The zero-order valence-corrected chi connectivity index (χ0v) is 16.9. The van der Waals surface area contributed by atoms with Gasteiger partial charge in [-0.1, -0.05) is 0 Å². The standard InChI is InChI=1S/C19H22F3N7O2/c1-14-9-16(29-18(25-14)23-13-24-29)27-6-4-26(5-7-27)11-17(30)28(12-19(20,21)22)10-15-3-2-8-31-15/h2-3,8-9,13H,4-7,10-12H2,1H3. The second-order valence-electron chi connectivity index (χ2n) is 7.44. The number of fused-ring (bicyclic) bond motifs is 1. The van der Waals surface area contributed by atoms with Crippen LogP contribution in [-0.4, -0.2) is 80.7 Å². The first kappa shape index (κ1) is 21.1. The highest BCUT2D eigenvalue weighted by Crippen LogP contribution is 2.20. The van der Waals surface area contributed by atoms with Gasteiger partial charge < -0.3 is 14.2 Å². The van der Waals surface area contributed by atoms with Crippen LogP contribution in [0.4, 0.5) is 19.0 Å². The molecule has 0 saturated carbocycles. The Morgan fingerprint density at radius 1 is 1.26 bits per heavy atom. The van der Waals surface area contributed by atoms with Crippen LogP contribution in [0.5, 0.6) is 0 Å². The van der Waals surface area contributed by atoms with Gasteiger partial charge >= 0.3 is 6.18 Å². The molecule has 1 aliphatic heterocycles. The van der Waals surface area contributed by atoms with Crippen LogP contribution >= 0.6 is 0 Å². The van der Waals surface area contributed by atoms with Gasteiger partial charge in [-0.2, -0.15) is 27.8 Å². The maximum absolute atomic E-state index is 13.0. The second-order valence-corrected chi connectivity index (χ2v) is 7.44. The molecule has 1 aliphatic rings. The summed E-state index contributed by atoms with van der Waals surface area (Å²) in [6, 6.07) is 5.05. The van der Waals surface area contributed by atoms with Crippen LogP contribution in [0.2, 0.25) is 0 Å². The molecular formula is C19H22F3N7O2. The number of carbonyl (C=O) groups is 1. The average Bonchev–Trinajstić information content (AvgIpc) is 3.38. The number of hydrogen-bond donors (Lipinski definition) is 0. The van der Waals surface area contributed by atoms with Crippen molar-refractivity contribution < 1.29 is 22.4 Å². The van der Waals surface area contributed by atoms with E-state index >= 15 is 0 Å². The minimum atomic E-state index is -4.48. The van der Waals surface area contributed by atoms with E-state index in [0.717, 1.165) is 16.4 Å². The molecule has 0 N–H and O–H groups in total. The fourth-order valence-electron chi connectivity index (χ4n) is 3.60. The van der Waals surface area contributed by atoms with Gasteiger partial charge in [0.2, 0.25) is 5.91 Å². The van der Waals surface area contributed by atoms with Crippen molar-refractivity contribution in [2.45, 2.75) is 19.6 Å². The number of aromatic nitrogens is 4. The van der Waals surface area contributed by atoms with Crippen molar-refractivity contribution in [3.8, 4) is 0 Å². The largest absolute Gasteiger partial charge is 0.467 e. The summed E-state index contributed by atoms with van der Waals surface area (Å²) >= 11 is 0. The molecule has 0 spiro atoms. The molecule has 166 valence electrons. The van der Waals surface area contributed by atoms with E-state index in [-0.39, 0.29) is 13.1 Å². The Morgan fingerprint density at radius 2 is 2.03 bits per heavy atom. The Labute approximate surface area is 176 Å². The first-order valence-corrected chi connectivity index (χ1v) is 9.80. The van der Waals surface area contributed by atoms with Crippen molar-refractivity contribution in [3.63, 3.8) is 0 Å². The smallest absolute Gasteiger partial charge is 0.406 e. The number of furan rings is 1. The molecule has 4 heterocycles. The molecule has 0 radical (unpaired) electrons. The Bertz CT molecular complexity index is 1030. The molecule has 0 aliphatic carbocycles. The Morgan fingerprint density at radius 3 is 2.71 bits per heavy atom. The predicted octanol–water partition coefficient (Wildman–Crippen LogP) is 1.74. The number of carbonyl (C=O) groups excluding carboxylic acids is 1. The van der Waals surface area contributed by atoms with Crippen molar-refractivity contribution in [1.82, 2.24) is 29.4 Å². The summed E-state index contributed by atoms with van der Waals surface area (Å²) in [6.45, 7) is 2.53. The monoisotopic (exact) mass is 437 g/mol. The second kappa shape index (κ2) is 8.53. The number of halogens is 3. The maximum Gasteiger partial charge on any atom is 0.406 e. The third-order valence-corrected chi connectivity index (χ3v) is 5.07. The Balaban J connectivity index is 1.38. The molecule has 3 aromatic heterocycles. The molecule has 0 unspecified atom stereocenters. The lowest BCUT2D eigenvalue weighted by atomic mass is 10.2. The van der Waals surface area contributed by atoms with Gasteiger partial charge in [-0.25, -0.2) is 4.98 Å². The van der Waals surface area contributed by atoms with Gasteiger partial charge in [0.15, 0.2) is 0 Å². The highest BCUT2D eigenvalue weighted by molar-refractivity contribution is 5.78. The highest BCUT2D eigenvalue weighted by atomic mass is 19.4. The number of anilines is 1. The lowest BCUT2D eigenvalue weighted by Crippen LogP contribution is -2.51. The first-order valence-electron chi connectivity index (χ1n) is 9.80. The molecule has 0 atom stereocenters. The molecular weight excluding hydrogens is 415 g/mol. The van der Waals surface area contributed by atoms with E-state index in [4.69, 9.17) is 4.42 Å². The molecule has 1 fully saturated rings. The van der Waals surface area contributed by atoms with Gasteiger partial charge in [-0.3, -0.25) is 9.69 Å². The summed E-state index contributed by atoms with van der Waals surface area (Å²) in [5.41, 5.74) is 0.814. The average molecular weight is 437 g/mol. The van der Waals surface area contributed by atoms with Gasteiger partial charge in [0.05, 0.1) is 19.4 Å². The third-order valence-electron chi connectivity index (χ3n) is 5.07. The van der Waals surface area contributed by atoms with E-state index in [2.05, 4.69) is 20.0 Å². The lowest BCUT2D eigenvalue weighted by molar-refractivity contribution is -0.163. The van der Waals surface area contributed by atoms with Crippen LogP contribution in [0.15, 0.2) is 35.2 Å². The summed E-state index contributed by atoms with van der Waals surface area (Å²) in [5, 5.41) is 4.21. The first-order chi connectivity index (χ1) is 14.8. The topological polar surface area (TPSA) is 83.0 Å². The van der Waals surface area contributed by atoms with Gasteiger partial charge in [-0.05, 0) is 19.1 Å². The molecule has 4 rings (SSSR count). The predicted molar refractivity (Wildman–Crippen MR) is 104 cm³/mol. The summed E-state index contributed by atoms with van der Waals surface area (Å²) in [6.07, 6.45) is -1.67. The van der Waals surface area contributed by atoms with Crippen molar-refractivity contribution in [1.29, 1.82) is 0 Å². The van der Waals surface area contributed by atoms with Crippen LogP contribution in [0.1, 0.15) is 11.5 Å². The van der Waals surface area contributed by atoms with E-state index in [0.29, 0.717) is 37.7 Å². The number of piperazine rings is 1. The Kier molecular flexibility index (Phi) is 5.81. The van der Waals surface area contributed by atoms with Crippen molar-refractivity contribution in [2.75, 3.05) is 44.2 Å². The molecule has 3 aromatic rings. The minimum absolute atomic E-state index is 0.0846. The van der Waals surface area contributed by atoms with Crippen LogP contribution in [0.25, 0.3) is 5.78 Å². The van der Waals surface area contributed by atoms with Crippen molar-refractivity contribution >= 4 is 17.5 Å². The van der Waals surface area contributed by atoms with E-state index in [9.17, 15) is 18.0 Å². The summed E-state index contributed by atoms with van der Waals surface area (Å²) in [7, 11) is 0. The number of hydrogen-bond acceptors (Lipinski definition) is 7. The number of alkyl halides is 3. The highest BCUT2D eigenvalue weighted by Gasteiger charge is 2.34. The zero-order chi connectivity index (χ0) is 22.0. The maximum atomic E-state index is 13.0. The summed E-state index contributed by atoms with van der Waals surface area (Å²) < 4.78 is 45.7. The van der Waals surface area contributed by atoms with Crippen LogP contribution < -0.4 is 4.90 Å². The number of rotatable bonds is 6. The molecule has 9 nitrogen and oxygen atoms in total. The number of amides is 1. The number of nitrogens with zero attached hydrogens (tertiary/aromatic N) is 7. The van der Waals surface area contributed by atoms with Crippen LogP contribution in [-0.2, 0) is 11.3 Å². The van der Waals surface area contributed by atoms with E-state index in [1.54, 1.807) is 16.6 Å². The van der Waals surface area contributed by atoms with Crippen molar-refractivity contribution in [3.05, 3.63) is 42.2 Å². The number of aryl methyl sites for hydroxylation is 1. The summed E-state index contributed by atoms with van der Waals surface area (Å²) in [4.78, 5) is 25.9. The third kappa shape index (κ3) is 5.13. The zero-order valence-electron chi connectivity index (χ0n) is 16.9. The summed E-state index contributed by atoms with van der Waals surface area (Å²) in [5.74, 6) is 1.09. The van der Waals surface area contributed by atoms with Crippen molar-refractivity contribution in [2.24, 2.45) is 0 Å². The Hall–Kier alpha value is -3.15. The van der Waals surface area contributed by atoms with E-state index in [1.165, 1.54) is 12.6 Å². The molecule has 0 bridgehead atoms. The van der Waals surface area contributed by atoms with Gasteiger partial charge in [-0.15, -0.1) is 0 Å².